The van der Waals surface area contributed by atoms with Crippen molar-refractivity contribution < 1.29 is 17.6 Å². The molecular weight excluding hydrogens is 381 g/mol. The molecule has 1 amide bonds. The summed E-state index contributed by atoms with van der Waals surface area (Å²) >= 11 is 0. The van der Waals surface area contributed by atoms with E-state index < -0.39 is 21.7 Å². The molecule has 3 rings (SSSR count). The second-order valence-electron chi connectivity index (χ2n) is 5.95. The van der Waals surface area contributed by atoms with Crippen LogP contribution in [0.15, 0.2) is 77.8 Å². The van der Waals surface area contributed by atoms with Crippen LogP contribution < -0.4 is 10.0 Å². The number of amides is 1. The van der Waals surface area contributed by atoms with Gasteiger partial charge >= 0.3 is 0 Å². The number of carbonyl (C=O) groups excluding carboxylic acids is 1. The largest absolute Gasteiger partial charge is 0.348 e. The van der Waals surface area contributed by atoms with E-state index in [1.165, 1.54) is 30.3 Å². The van der Waals surface area contributed by atoms with E-state index in [4.69, 9.17) is 0 Å². The topological polar surface area (TPSA) is 88.2 Å². The Balaban J connectivity index is 1.68. The molecule has 0 spiro atoms. The number of aromatic nitrogens is 1. The van der Waals surface area contributed by atoms with Crippen molar-refractivity contribution >= 4 is 15.9 Å². The second kappa shape index (κ2) is 8.73. The number of sulfonamides is 1. The van der Waals surface area contributed by atoms with Crippen LogP contribution in [0.2, 0.25) is 0 Å². The van der Waals surface area contributed by atoms with E-state index >= 15 is 0 Å². The van der Waals surface area contributed by atoms with Crippen molar-refractivity contribution in [3.05, 3.63) is 95.6 Å². The van der Waals surface area contributed by atoms with Gasteiger partial charge < -0.3 is 5.32 Å². The minimum atomic E-state index is -3.82. The number of hydrogen-bond donors (Lipinski definition) is 2. The van der Waals surface area contributed by atoms with Gasteiger partial charge in [0.1, 0.15) is 5.82 Å². The maximum atomic E-state index is 13.6. The standard InChI is InChI=1S/C20H18FN3O3S/c21-19-10-2-1-6-16(19)13-23-20(25)15-7-5-9-18(12-15)28(26,27)24-14-17-8-3-4-11-22-17/h1-12,24H,13-14H2,(H,23,25). The Morgan fingerprint density at radius 2 is 1.75 bits per heavy atom. The van der Waals surface area contributed by atoms with Gasteiger partial charge in [-0.3, -0.25) is 9.78 Å². The van der Waals surface area contributed by atoms with Gasteiger partial charge in [0.05, 0.1) is 17.1 Å². The normalized spacial score (nSPS) is 11.2. The summed E-state index contributed by atoms with van der Waals surface area (Å²) < 4.78 is 41.1. The Bertz CT molecular complexity index is 1070. The van der Waals surface area contributed by atoms with Crippen LogP contribution in [0.1, 0.15) is 21.6 Å². The van der Waals surface area contributed by atoms with Gasteiger partial charge in [0, 0.05) is 23.9 Å². The summed E-state index contributed by atoms with van der Waals surface area (Å²) in [4.78, 5) is 16.3. The number of benzene rings is 2. The Morgan fingerprint density at radius 3 is 2.50 bits per heavy atom. The van der Waals surface area contributed by atoms with Gasteiger partial charge in [0.2, 0.25) is 10.0 Å². The predicted molar refractivity (Wildman–Crippen MR) is 102 cm³/mol. The molecule has 2 aromatic carbocycles. The lowest BCUT2D eigenvalue weighted by Crippen LogP contribution is -2.26. The van der Waals surface area contributed by atoms with E-state index in [9.17, 15) is 17.6 Å². The summed E-state index contributed by atoms with van der Waals surface area (Å²) in [5.74, 6) is -0.914. The molecule has 0 aliphatic carbocycles. The van der Waals surface area contributed by atoms with Gasteiger partial charge in [-0.15, -0.1) is 0 Å². The lowest BCUT2D eigenvalue weighted by atomic mass is 10.2. The lowest BCUT2D eigenvalue weighted by Gasteiger charge is -2.09. The Labute approximate surface area is 162 Å². The van der Waals surface area contributed by atoms with Crippen molar-refractivity contribution in [3.63, 3.8) is 0 Å². The van der Waals surface area contributed by atoms with E-state index in [2.05, 4.69) is 15.0 Å². The molecule has 0 saturated carbocycles. The van der Waals surface area contributed by atoms with Crippen molar-refractivity contribution in [3.8, 4) is 0 Å². The quantitative estimate of drug-likeness (QED) is 0.639. The highest BCUT2D eigenvalue weighted by Crippen LogP contribution is 2.13. The molecule has 1 aromatic heterocycles. The van der Waals surface area contributed by atoms with E-state index in [1.807, 2.05) is 0 Å². The molecule has 0 unspecified atom stereocenters. The summed E-state index contributed by atoms with van der Waals surface area (Å²) in [6.07, 6.45) is 1.57. The number of carbonyl (C=O) groups is 1. The van der Waals surface area contributed by atoms with Crippen LogP contribution in [-0.2, 0) is 23.1 Å². The first-order valence-corrected chi connectivity index (χ1v) is 9.95. The fourth-order valence-corrected chi connectivity index (χ4v) is 3.52. The monoisotopic (exact) mass is 399 g/mol. The first kappa shape index (κ1) is 19.7. The summed E-state index contributed by atoms with van der Waals surface area (Å²) in [6, 6.07) is 17.0. The molecule has 1 heterocycles. The molecule has 0 saturated heterocycles. The van der Waals surface area contributed by atoms with Crippen molar-refractivity contribution in [2.24, 2.45) is 0 Å². The van der Waals surface area contributed by atoms with Crippen LogP contribution in [0, 0.1) is 5.82 Å². The number of rotatable bonds is 7. The SMILES string of the molecule is O=C(NCc1ccccc1F)c1cccc(S(=O)(=O)NCc2ccccn2)c1. The lowest BCUT2D eigenvalue weighted by molar-refractivity contribution is 0.0950. The molecule has 144 valence electrons. The molecule has 28 heavy (non-hydrogen) atoms. The smallest absolute Gasteiger partial charge is 0.251 e. The Hall–Kier alpha value is -3.10. The zero-order chi connectivity index (χ0) is 20.0. The van der Waals surface area contributed by atoms with Crippen LogP contribution in [0.25, 0.3) is 0 Å². The average Bonchev–Trinajstić information content (AvgIpc) is 2.72. The zero-order valence-corrected chi connectivity index (χ0v) is 15.6. The third kappa shape index (κ3) is 4.99. The molecule has 0 atom stereocenters. The molecule has 6 nitrogen and oxygen atoms in total. The van der Waals surface area contributed by atoms with E-state index in [0.717, 1.165) is 0 Å². The predicted octanol–water partition coefficient (Wildman–Crippen LogP) is 2.63. The summed E-state index contributed by atoms with van der Waals surface area (Å²) in [7, 11) is -3.82. The molecular formula is C20H18FN3O3S. The fraction of sp³-hybridized carbons (Fsp3) is 0.100. The van der Waals surface area contributed by atoms with E-state index in [-0.39, 0.29) is 23.5 Å². The van der Waals surface area contributed by atoms with Crippen molar-refractivity contribution in [2.45, 2.75) is 18.0 Å². The number of nitrogens with zero attached hydrogens (tertiary/aromatic N) is 1. The maximum Gasteiger partial charge on any atom is 0.251 e. The highest BCUT2D eigenvalue weighted by atomic mass is 32.2. The Morgan fingerprint density at radius 1 is 0.964 bits per heavy atom. The van der Waals surface area contributed by atoms with Crippen LogP contribution in [0.4, 0.5) is 4.39 Å². The van der Waals surface area contributed by atoms with Crippen LogP contribution in [-0.4, -0.2) is 19.3 Å². The van der Waals surface area contributed by atoms with Crippen molar-refractivity contribution in [1.29, 1.82) is 0 Å². The molecule has 0 aliphatic rings. The van der Waals surface area contributed by atoms with Gasteiger partial charge in [0.25, 0.3) is 5.91 Å². The van der Waals surface area contributed by atoms with Gasteiger partial charge in [-0.25, -0.2) is 17.5 Å². The molecule has 3 aromatic rings. The fourth-order valence-electron chi connectivity index (χ4n) is 2.48. The second-order valence-corrected chi connectivity index (χ2v) is 7.71. The third-order valence-electron chi connectivity index (χ3n) is 3.97. The number of halogens is 1. The highest BCUT2D eigenvalue weighted by molar-refractivity contribution is 7.89. The maximum absolute atomic E-state index is 13.6. The van der Waals surface area contributed by atoms with Gasteiger partial charge in [-0.1, -0.05) is 30.3 Å². The zero-order valence-electron chi connectivity index (χ0n) is 14.8. The van der Waals surface area contributed by atoms with Gasteiger partial charge in [0.15, 0.2) is 0 Å². The minimum Gasteiger partial charge on any atom is -0.348 e. The van der Waals surface area contributed by atoms with Crippen molar-refractivity contribution in [1.82, 2.24) is 15.0 Å². The third-order valence-corrected chi connectivity index (χ3v) is 5.37. The summed E-state index contributed by atoms with van der Waals surface area (Å²) in [6.45, 7) is 0.0350. The number of hydrogen-bond acceptors (Lipinski definition) is 4. The minimum absolute atomic E-state index is 0.000408. The summed E-state index contributed by atoms with van der Waals surface area (Å²) in [5, 5.41) is 2.59. The molecule has 0 aliphatic heterocycles. The molecule has 8 heteroatoms. The first-order valence-electron chi connectivity index (χ1n) is 8.47. The summed E-state index contributed by atoms with van der Waals surface area (Å²) in [5.41, 5.74) is 1.08. The van der Waals surface area contributed by atoms with Crippen molar-refractivity contribution in [2.75, 3.05) is 0 Å². The molecule has 0 bridgehead atoms. The van der Waals surface area contributed by atoms with E-state index in [0.29, 0.717) is 11.3 Å². The Kier molecular flexibility index (Phi) is 6.13. The average molecular weight is 399 g/mol. The van der Waals surface area contributed by atoms with Gasteiger partial charge in [-0.05, 0) is 36.4 Å². The van der Waals surface area contributed by atoms with Gasteiger partial charge in [-0.2, -0.15) is 0 Å². The molecule has 2 N–H and O–H groups in total. The van der Waals surface area contributed by atoms with Crippen LogP contribution >= 0.6 is 0 Å². The van der Waals surface area contributed by atoms with Crippen LogP contribution in [0.3, 0.4) is 0 Å². The number of pyridine rings is 1. The van der Waals surface area contributed by atoms with E-state index in [1.54, 1.807) is 42.6 Å². The molecule has 0 fully saturated rings. The highest BCUT2D eigenvalue weighted by Gasteiger charge is 2.16. The first-order chi connectivity index (χ1) is 13.5. The van der Waals surface area contributed by atoms with Crippen LogP contribution in [0.5, 0.6) is 0 Å². The number of nitrogens with one attached hydrogen (secondary N) is 2. The molecule has 0 radical (unpaired) electrons.